The van der Waals surface area contributed by atoms with Crippen LogP contribution in [0.25, 0.3) is 11.8 Å². The van der Waals surface area contributed by atoms with Crippen molar-refractivity contribution in [1.82, 2.24) is 9.13 Å². The van der Waals surface area contributed by atoms with Crippen LogP contribution in [0.3, 0.4) is 0 Å². The molecule has 0 saturated carbocycles. The molecule has 7 nitrogen and oxygen atoms in total. The normalized spacial score (nSPS) is 15.0. The monoisotopic (exact) mass is 623 g/mol. The molecule has 0 aliphatic carbocycles. The van der Waals surface area contributed by atoms with Crippen molar-refractivity contribution >= 4 is 46.6 Å². The molecule has 0 spiro atoms. The number of hydrogen-bond donors (Lipinski definition) is 0. The highest BCUT2D eigenvalue weighted by Gasteiger charge is 2.35. The van der Waals surface area contributed by atoms with E-state index in [9.17, 15) is 9.59 Å². The number of ether oxygens (including phenoxy) is 2. The Hall–Kier alpha value is -3.59. The van der Waals surface area contributed by atoms with Gasteiger partial charge in [0.05, 0.1) is 39.6 Å². The lowest BCUT2D eigenvalue weighted by Gasteiger charge is -2.26. The highest BCUT2D eigenvalue weighted by molar-refractivity contribution is 7.07. The van der Waals surface area contributed by atoms with Crippen LogP contribution in [0.4, 0.5) is 0 Å². The van der Waals surface area contributed by atoms with Gasteiger partial charge in [-0.05, 0) is 69.2 Å². The van der Waals surface area contributed by atoms with E-state index in [0.29, 0.717) is 48.4 Å². The molecule has 2 aromatic heterocycles. The quantitative estimate of drug-likeness (QED) is 0.216. The highest BCUT2D eigenvalue weighted by Crippen LogP contribution is 2.37. The molecule has 3 heterocycles. The summed E-state index contributed by atoms with van der Waals surface area (Å²) in [5.41, 5.74) is 5.11. The van der Waals surface area contributed by atoms with Gasteiger partial charge in [0, 0.05) is 22.6 Å². The fourth-order valence-electron chi connectivity index (χ4n) is 5.40. The molecule has 218 valence electrons. The van der Waals surface area contributed by atoms with Crippen LogP contribution >= 0.6 is 34.5 Å². The lowest BCUT2D eigenvalue weighted by Crippen LogP contribution is -2.40. The first-order chi connectivity index (χ1) is 20.2. The van der Waals surface area contributed by atoms with Gasteiger partial charge in [-0.3, -0.25) is 9.36 Å². The Morgan fingerprint density at radius 2 is 1.86 bits per heavy atom. The summed E-state index contributed by atoms with van der Waals surface area (Å²) in [7, 11) is 1.58. The van der Waals surface area contributed by atoms with Gasteiger partial charge >= 0.3 is 5.97 Å². The summed E-state index contributed by atoms with van der Waals surface area (Å²) in [5.74, 6) is 0.0851. The van der Waals surface area contributed by atoms with Crippen molar-refractivity contribution in [3.05, 3.63) is 112 Å². The Bertz CT molecular complexity index is 1900. The van der Waals surface area contributed by atoms with E-state index in [-0.39, 0.29) is 12.2 Å². The molecule has 0 amide bonds. The van der Waals surface area contributed by atoms with Crippen LogP contribution in [0.5, 0.6) is 5.75 Å². The Kier molecular flexibility index (Phi) is 8.78. The number of rotatable bonds is 8. The number of aromatic nitrogens is 2. The maximum absolute atomic E-state index is 14.2. The number of benzene rings is 2. The molecular formula is C32H31Cl2N3O4S. The molecule has 0 radical (unpaired) electrons. The van der Waals surface area contributed by atoms with Crippen LogP contribution in [0.1, 0.15) is 55.2 Å². The fourth-order valence-corrected chi connectivity index (χ4v) is 6.71. The number of carbonyl (C=O) groups is 1. The number of methoxy groups -OCH3 is 1. The zero-order valence-electron chi connectivity index (χ0n) is 24.0. The largest absolute Gasteiger partial charge is 0.496 e. The van der Waals surface area contributed by atoms with Crippen molar-refractivity contribution in [2.75, 3.05) is 13.7 Å². The molecule has 0 N–H and O–H groups in total. The van der Waals surface area contributed by atoms with Crippen LogP contribution < -0.4 is 19.6 Å². The van der Waals surface area contributed by atoms with Crippen molar-refractivity contribution in [2.45, 2.75) is 46.6 Å². The molecule has 10 heteroatoms. The molecule has 0 unspecified atom stereocenters. The average Bonchev–Trinajstić information content (AvgIpc) is 3.43. The number of allylic oxidation sites excluding steroid dienone is 1. The van der Waals surface area contributed by atoms with Crippen LogP contribution in [0.15, 0.2) is 69.6 Å². The van der Waals surface area contributed by atoms with E-state index in [2.05, 4.69) is 4.57 Å². The molecular weight excluding hydrogens is 593 g/mol. The van der Waals surface area contributed by atoms with Gasteiger partial charge in [0.15, 0.2) is 4.80 Å². The second-order valence-corrected chi connectivity index (χ2v) is 11.7. The summed E-state index contributed by atoms with van der Waals surface area (Å²) in [5, 5.41) is 0.951. The topological polar surface area (TPSA) is 74.8 Å². The van der Waals surface area contributed by atoms with Crippen LogP contribution in [0.2, 0.25) is 10.0 Å². The SMILES string of the molecule is CCCC1=C(C(=O)OCC)[C@H](c2ccccc2OC)n2c(s/c(=C/c3cc(C)n(-c4ccc(Cl)c(Cl)c4)c3C)c2=O)=N1. The first-order valence-corrected chi connectivity index (χ1v) is 15.3. The summed E-state index contributed by atoms with van der Waals surface area (Å²) in [6.07, 6.45) is 3.22. The van der Waals surface area contributed by atoms with Crippen LogP contribution in [-0.2, 0) is 9.53 Å². The number of fused-ring (bicyclic) bond motifs is 1. The third-order valence-electron chi connectivity index (χ3n) is 7.24. The van der Waals surface area contributed by atoms with Crippen molar-refractivity contribution < 1.29 is 14.3 Å². The van der Waals surface area contributed by atoms with E-state index in [4.69, 9.17) is 37.7 Å². The smallest absolute Gasteiger partial charge is 0.338 e. The van der Waals surface area contributed by atoms with E-state index in [1.807, 2.05) is 69.3 Å². The molecule has 0 bridgehead atoms. The van der Waals surface area contributed by atoms with E-state index >= 15 is 0 Å². The number of hydrogen-bond acceptors (Lipinski definition) is 6. The molecule has 1 aliphatic heterocycles. The van der Waals surface area contributed by atoms with Gasteiger partial charge in [-0.2, -0.15) is 0 Å². The van der Waals surface area contributed by atoms with Crippen LogP contribution in [0, 0.1) is 13.8 Å². The molecule has 0 saturated heterocycles. The third kappa shape index (κ3) is 5.35. The summed E-state index contributed by atoms with van der Waals surface area (Å²) in [6, 6.07) is 14.2. The predicted octanol–water partition coefficient (Wildman–Crippen LogP) is 6.30. The van der Waals surface area contributed by atoms with E-state index < -0.39 is 12.0 Å². The van der Waals surface area contributed by atoms with Gasteiger partial charge in [-0.1, -0.05) is 66.1 Å². The minimum atomic E-state index is -0.746. The van der Waals surface area contributed by atoms with E-state index in [0.717, 1.165) is 29.1 Å². The number of nitrogens with zero attached hydrogens (tertiary/aromatic N) is 3. The van der Waals surface area contributed by atoms with E-state index in [1.165, 1.54) is 11.3 Å². The zero-order valence-corrected chi connectivity index (χ0v) is 26.4. The van der Waals surface area contributed by atoms with Crippen molar-refractivity contribution in [1.29, 1.82) is 0 Å². The third-order valence-corrected chi connectivity index (χ3v) is 8.97. The van der Waals surface area contributed by atoms with Gasteiger partial charge in [0.25, 0.3) is 5.56 Å². The lowest BCUT2D eigenvalue weighted by atomic mass is 9.93. The summed E-state index contributed by atoms with van der Waals surface area (Å²) < 4.78 is 15.3. The summed E-state index contributed by atoms with van der Waals surface area (Å²) in [4.78, 5) is 33.0. The number of carbonyl (C=O) groups excluding carboxylic acids is 1. The summed E-state index contributed by atoms with van der Waals surface area (Å²) >= 11 is 13.8. The highest BCUT2D eigenvalue weighted by atomic mass is 35.5. The average molecular weight is 625 g/mol. The minimum Gasteiger partial charge on any atom is -0.496 e. The Morgan fingerprint density at radius 1 is 1.10 bits per heavy atom. The molecule has 4 aromatic rings. The Morgan fingerprint density at radius 3 is 2.55 bits per heavy atom. The van der Waals surface area contributed by atoms with Gasteiger partial charge < -0.3 is 14.0 Å². The van der Waals surface area contributed by atoms with E-state index in [1.54, 1.807) is 24.7 Å². The number of thiazole rings is 1. The fraction of sp³-hybridized carbons (Fsp3) is 0.281. The molecule has 42 heavy (non-hydrogen) atoms. The number of para-hydroxylation sites is 1. The predicted molar refractivity (Wildman–Crippen MR) is 168 cm³/mol. The first kappa shape index (κ1) is 29.9. The minimum absolute atomic E-state index is 0.208. The van der Waals surface area contributed by atoms with Gasteiger partial charge in [-0.25, -0.2) is 9.79 Å². The standard InChI is InChI=1S/C32H31Cl2N3O4S/c1-6-10-25-28(31(39)41-7-2)29(22-11-8-9-12-26(22)40-5)37-30(38)27(42-32(37)35-25)16-20-15-18(3)36(19(20)4)21-13-14-23(33)24(34)17-21/h8-9,11-17,29H,6-7,10H2,1-5H3/b27-16+/t29-/m0/s1. The molecule has 5 rings (SSSR count). The molecule has 2 aromatic carbocycles. The number of esters is 1. The lowest BCUT2D eigenvalue weighted by molar-refractivity contribution is -0.139. The Labute approximate surface area is 258 Å². The molecule has 1 aliphatic rings. The first-order valence-electron chi connectivity index (χ1n) is 13.7. The molecule has 0 fully saturated rings. The maximum atomic E-state index is 14.2. The maximum Gasteiger partial charge on any atom is 0.338 e. The second kappa shape index (κ2) is 12.3. The second-order valence-electron chi connectivity index (χ2n) is 9.92. The summed E-state index contributed by atoms with van der Waals surface area (Å²) in [6.45, 7) is 7.99. The van der Waals surface area contributed by atoms with Gasteiger partial charge in [0.1, 0.15) is 11.8 Å². The number of halogens is 2. The number of aryl methyl sites for hydroxylation is 1. The van der Waals surface area contributed by atoms with Crippen molar-refractivity contribution in [3.63, 3.8) is 0 Å². The Balaban J connectivity index is 1.74. The van der Waals surface area contributed by atoms with Crippen LogP contribution in [-0.4, -0.2) is 28.8 Å². The van der Waals surface area contributed by atoms with Gasteiger partial charge in [-0.15, -0.1) is 0 Å². The van der Waals surface area contributed by atoms with Gasteiger partial charge in [0.2, 0.25) is 0 Å². The zero-order chi connectivity index (χ0) is 30.1. The van der Waals surface area contributed by atoms with Crippen molar-refractivity contribution in [3.8, 4) is 11.4 Å². The van der Waals surface area contributed by atoms with Crippen molar-refractivity contribution in [2.24, 2.45) is 4.99 Å². The molecule has 1 atom stereocenters.